The summed E-state index contributed by atoms with van der Waals surface area (Å²) in [5.41, 5.74) is 0. The molecule has 7 nitrogen and oxygen atoms in total. The van der Waals surface area contributed by atoms with Crippen LogP contribution in [0.3, 0.4) is 0 Å². The fraction of sp³-hybridized carbons (Fsp3) is 0.875. The van der Waals surface area contributed by atoms with E-state index in [4.69, 9.17) is 9.47 Å². The molecule has 0 saturated heterocycles. The zero-order valence-electron chi connectivity index (χ0n) is 32.1. The first-order valence-electron chi connectivity index (χ1n) is 19.9. The zero-order chi connectivity index (χ0) is 35.5. The van der Waals surface area contributed by atoms with E-state index in [2.05, 4.69) is 31.7 Å². The minimum absolute atomic E-state index is 0.0166. The van der Waals surface area contributed by atoms with E-state index >= 15 is 0 Å². The van der Waals surface area contributed by atoms with Crippen molar-refractivity contribution in [2.24, 2.45) is 0 Å². The van der Waals surface area contributed by atoms with E-state index in [0.717, 1.165) is 63.7 Å². The molecular weight excluding hydrogens is 621 g/mol. The number of allylic oxidation sites excluding steroid dienone is 1. The Balaban J connectivity index is 4.65. The standard InChI is InChI=1S/C40H76N2O5S/c1-6-9-12-15-17-20-26-35-46-38(43)30-24-21-25-32-42(40(45)48-36-34-41(4)5)33-27-31-39(44)47-37(28-22-18-14-11-8-3)29-23-19-16-13-10-7-2/h20,26,37H,6-19,21-25,27-36H2,1-5H3/b26-20-. The van der Waals surface area contributed by atoms with Gasteiger partial charge in [-0.15, -0.1) is 0 Å². The molecule has 0 radical (unpaired) electrons. The van der Waals surface area contributed by atoms with E-state index in [1.165, 1.54) is 95.2 Å². The number of rotatable bonds is 34. The molecule has 0 heterocycles. The summed E-state index contributed by atoms with van der Waals surface area (Å²) in [6, 6.07) is 0. The highest BCUT2D eigenvalue weighted by molar-refractivity contribution is 8.13. The molecule has 0 rings (SSSR count). The third-order valence-corrected chi connectivity index (χ3v) is 9.57. The number of amides is 1. The Bertz CT molecular complexity index is 792. The lowest BCUT2D eigenvalue weighted by atomic mass is 10.0. The maximum atomic E-state index is 13.1. The van der Waals surface area contributed by atoms with Gasteiger partial charge >= 0.3 is 11.9 Å². The van der Waals surface area contributed by atoms with Gasteiger partial charge in [-0.3, -0.25) is 14.4 Å². The summed E-state index contributed by atoms with van der Waals surface area (Å²) in [5, 5.41) is 0.0686. The normalized spacial score (nSPS) is 12.1. The minimum atomic E-state index is -0.160. The average molecular weight is 697 g/mol. The van der Waals surface area contributed by atoms with Gasteiger partial charge in [-0.05, 0) is 71.9 Å². The van der Waals surface area contributed by atoms with Crippen molar-refractivity contribution in [3.63, 3.8) is 0 Å². The van der Waals surface area contributed by atoms with Crippen molar-refractivity contribution < 1.29 is 23.9 Å². The number of hydrogen-bond donors (Lipinski definition) is 0. The van der Waals surface area contributed by atoms with Crippen LogP contribution in [0.4, 0.5) is 4.79 Å². The van der Waals surface area contributed by atoms with Gasteiger partial charge in [0, 0.05) is 38.2 Å². The topological polar surface area (TPSA) is 76.1 Å². The van der Waals surface area contributed by atoms with E-state index < -0.39 is 0 Å². The van der Waals surface area contributed by atoms with Crippen LogP contribution >= 0.6 is 11.8 Å². The molecule has 1 atom stereocenters. The summed E-state index contributed by atoms with van der Waals surface area (Å²) in [4.78, 5) is 42.1. The Morgan fingerprint density at radius 1 is 0.604 bits per heavy atom. The monoisotopic (exact) mass is 697 g/mol. The fourth-order valence-electron chi connectivity index (χ4n) is 5.59. The molecule has 8 heteroatoms. The van der Waals surface area contributed by atoms with Crippen LogP contribution in [0, 0.1) is 0 Å². The number of thioether (sulfide) groups is 1. The first kappa shape index (κ1) is 46.5. The van der Waals surface area contributed by atoms with Gasteiger partial charge in [0.15, 0.2) is 0 Å². The molecular formula is C40H76N2O5S. The summed E-state index contributed by atoms with van der Waals surface area (Å²) in [5.74, 6) is 0.450. The Kier molecular flexibility index (Phi) is 34.2. The van der Waals surface area contributed by atoms with Crippen molar-refractivity contribution in [1.82, 2.24) is 9.80 Å². The van der Waals surface area contributed by atoms with Gasteiger partial charge in [0.2, 0.25) is 0 Å². The molecule has 0 aromatic rings. The van der Waals surface area contributed by atoms with E-state index in [1.807, 2.05) is 25.1 Å². The number of nitrogens with zero attached hydrogens (tertiary/aromatic N) is 2. The molecule has 1 unspecified atom stereocenters. The van der Waals surface area contributed by atoms with Crippen molar-refractivity contribution in [2.45, 2.75) is 181 Å². The van der Waals surface area contributed by atoms with Crippen LogP contribution in [-0.2, 0) is 19.1 Å². The number of carbonyl (C=O) groups excluding carboxylic acids is 3. The second-order valence-corrected chi connectivity index (χ2v) is 14.7. The molecule has 48 heavy (non-hydrogen) atoms. The van der Waals surface area contributed by atoms with Crippen molar-refractivity contribution in [3.8, 4) is 0 Å². The number of carbonyl (C=O) groups is 3. The molecule has 0 saturated carbocycles. The maximum Gasteiger partial charge on any atom is 0.306 e. The van der Waals surface area contributed by atoms with Gasteiger partial charge < -0.3 is 19.3 Å². The van der Waals surface area contributed by atoms with Crippen molar-refractivity contribution in [3.05, 3.63) is 12.2 Å². The SMILES string of the molecule is CCCCCC/C=C\COC(=O)CCCCCN(CCCC(=O)OC(CCCCCCC)CCCCCCCC)C(=O)SCCN(C)C. The molecule has 0 N–H and O–H groups in total. The molecule has 0 fully saturated rings. The summed E-state index contributed by atoms with van der Waals surface area (Å²) < 4.78 is 11.4. The molecule has 0 aromatic carbocycles. The third kappa shape index (κ3) is 31.7. The maximum absolute atomic E-state index is 13.1. The van der Waals surface area contributed by atoms with Crippen LogP contribution in [0.1, 0.15) is 175 Å². The van der Waals surface area contributed by atoms with Gasteiger partial charge in [0.05, 0.1) is 0 Å². The van der Waals surface area contributed by atoms with Crippen LogP contribution in [0.2, 0.25) is 0 Å². The van der Waals surface area contributed by atoms with Crippen LogP contribution in [0.25, 0.3) is 0 Å². The van der Waals surface area contributed by atoms with Crippen molar-refractivity contribution in [2.75, 3.05) is 46.1 Å². The van der Waals surface area contributed by atoms with Crippen LogP contribution in [-0.4, -0.2) is 79.2 Å². The van der Waals surface area contributed by atoms with Gasteiger partial charge in [-0.2, -0.15) is 0 Å². The smallest absolute Gasteiger partial charge is 0.306 e. The molecule has 0 spiro atoms. The van der Waals surface area contributed by atoms with E-state index in [0.29, 0.717) is 39.0 Å². The molecule has 0 aliphatic rings. The number of esters is 2. The Morgan fingerprint density at radius 3 is 1.77 bits per heavy atom. The summed E-state index contributed by atoms with van der Waals surface area (Å²) in [7, 11) is 4.02. The highest BCUT2D eigenvalue weighted by Crippen LogP contribution is 2.18. The lowest BCUT2D eigenvalue weighted by Crippen LogP contribution is -2.31. The summed E-state index contributed by atoms with van der Waals surface area (Å²) >= 11 is 1.35. The predicted molar refractivity (Wildman–Crippen MR) is 206 cm³/mol. The van der Waals surface area contributed by atoms with E-state index in [-0.39, 0.29) is 23.3 Å². The van der Waals surface area contributed by atoms with Gasteiger partial charge in [0.25, 0.3) is 5.24 Å². The lowest BCUT2D eigenvalue weighted by molar-refractivity contribution is -0.150. The fourth-order valence-corrected chi connectivity index (χ4v) is 6.58. The van der Waals surface area contributed by atoms with E-state index in [1.54, 1.807) is 0 Å². The highest BCUT2D eigenvalue weighted by atomic mass is 32.2. The number of hydrogen-bond acceptors (Lipinski definition) is 7. The number of unbranched alkanes of at least 4 members (excludes halogenated alkanes) is 15. The largest absolute Gasteiger partial charge is 0.462 e. The van der Waals surface area contributed by atoms with Crippen LogP contribution in [0.5, 0.6) is 0 Å². The number of ether oxygens (including phenoxy) is 2. The average Bonchev–Trinajstić information content (AvgIpc) is 3.06. The predicted octanol–water partition coefficient (Wildman–Crippen LogP) is 11.1. The molecule has 1 amide bonds. The highest BCUT2D eigenvalue weighted by Gasteiger charge is 2.17. The Labute approximate surface area is 301 Å². The first-order valence-corrected chi connectivity index (χ1v) is 20.9. The van der Waals surface area contributed by atoms with Crippen LogP contribution < -0.4 is 0 Å². The van der Waals surface area contributed by atoms with Gasteiger partial charge in [-0.25, -0.2) is 0 Å². The molecule has 0 aliphatic heterocycles. The summed E-state index contributed by atoms with van der Waals surface area (Å²) in [6.07, 6.45) is 29.3. The Morgan fingerprint density at radius 2 is 1.15 bits per heavy atom. The third-order valence-electron chi connectivity index (χ3n) is 8.68. The first-order chi connectivity index (χ1) is 23.3. The van der Waals surface area contributed by atoms with Crippen LogP contribution in [0.15, 0.2) is 12.2 Å². The lowest BCUT2D eigenvalue weighted by Gasteiger charge is -2.23. The summed E-state index contributed by atoms with van der Waals surface area (Å²) in [6.45, 7) is 9.06. The minimum Gasteiger partial charge on any atom is -0.462 e. The van der Waals surface area contributed by atoms with Crippen molar-refractivity contribution in [1.29, 1.82) is 0 Å². The zero-order valence-corrected chi connectivity index (χ0v) is 32.9. The quantitative estimate of drug-likeness (QED) is 0.0376. The Hall–Kier alpha value is -1.54. The second kappa shape index (κ2) is 35.3. The molecule has 282 valence electrons. The van der Waals surface area contributed by atoms with Crippen molar-refractivity contribution >= 4 is 28.9 Å². The van der Waals surface area contributed by atoms with Gasteiger partial charge in [0.1, 0.15) is 12.7 Å². The second-order valence-electron chi connectivity index (χ2n) is 13.7. The molecule has 0 aromatic heterocycles. The van der Waals surface area contributed by atoms with Gasteiger partial charge in [-0.1, -0.05) is 128 Å². The molecule has 0 aliphatic carbocycles. The molecule has 0 bridgehead atoms. The van der Waals surface area contributed by atoms with E-state index in [9.17, 15) is 14.4 Å².